The van der Waals surface area contributed by atoms with Crippen LogP contribution in [0.3, 0.4) is 0 Å². The minimum Gasteiger partial charge on any atom is -0.462 e. The lowest BCUT2D eigenvalue weighted by Gasteiger charge is -2.26. The molecule has 1 unspecified atom stereocenters. The highest BCUT2D eigenvalue weighted by Crippen LogP contribution is 2.16. The average molecular weight is 315 g/mol. The predicted molar refractivity (Wildman–Crippen MR) is 78.5 cm³/mol. The van der Waals surface area contributed by atoms with Gasteiger partial charge in [0.25, 0.3) is 0 Å². The van der Waals surface area contributed by atoms with Gasteiger partial charge in [0.15, 0.2) is 0 Å². The molecule has 2 N–H and O–H groups in total. The number of carbonyl (C=O) groups is 1. The molecule has 0 aliphatic carbocycles. The number of esters is 1. The van der Waals surface area contributed by atoms with Gasteiger partial charge in [0.1, 0.15) is 0 Å². The zero-order valence-electron chi connectivity index (χ0n) is 12.4. The zero-order valence-corrected chi connectivity index (χ0v) is 13.2. The second-order valence-electron chi connectivity index (χ2n) is 4.92. The van der Waals surface area contributed by atoms with E-state index in [4.69, 9.17) is 4.74 Å². The molecule has 21 heavy (non-hydrogen) atoms. The molecule has 1 aromatic rings. The molecule has 0 aromatic heterocycles. The molecule has 0 saturated heterocycles. The van der Waals surface area contributed by atoms with Gasteiger partial charge in [0.2, 0.25) is 10.0 Å². The molecule has 0 heterocycles. The van der Waals surface area contributed by atoms with Crippen LogP contribution in [0, 0.1) is 0 Å². The van der Waals surface area contributed by atoms with Crippen molar-refractivity contribution < 1.29 is 23.1 Å². The first-order chi connectivity index (χ1) is 9.78. The van der Waals surface area contributed by atoms with Gasteiger partial charge in [-0.3, -0.25) is 0 Å². The SMILES string of the molecule is CCOC(=O)c1ccc(S(=O)(=O)NC(C)(CC)CO)cc1. The number of carbonyl (C=O) groups excluding carboxylic acids is 1. The van der Waals surface area contributed by atoms with Gasteiger partial charge in [0, 0.05) is 0 Å². The quantitative estimate of drug-likeness (QED) is 0.740. The molecule has 1 atom stereocenters. The van der Waals surface area contributed by atoms with E-state index in [1.54, 1.807) is 20.8 Å². The lowest BCUT2D eigenvalue weighted by molar-refractivity contribution is 0.0526. The normalized spacial score (nSPS) is 14.5. The van der Waals surface area contributed by atoms with Crippen molar-refractivity contribution >= 4 is 16.0 Å². The molecular weight excluding hydrogens is 294 g/mol. The van der Waals surface area contributed by atoms with Gasteiger partial charge in [-0.25, -0.2) is 17.9 Å². The van der Waals surface area contributed by atoms with Crippen LogP contribution in [-0.4, -0.2) is 38.2 Å². The van der Waals surface area contributed by atoms with E-state index >= 15 is 0 Å². The van der Waals surface area contributed by atoms with Gasteiger partial charge in [-0.15, -0.1) is 0 Å². The van der Waals surface area contributed by atoms with E-state index in [9.17, 15) is 18.3 Å². The van der Waals surface area contributed by atoms with Crippen LogP contribution in [0.4, 0.5) is 0 Å². The van der Waals surface area contributed by atoms with E-state index in [0.29, 0.717) is 6.42 Å². The Morgan fingerprint density at radius 3 is 2.29 bits per heavy atom. The predicted octanol–water partition coefficient (Wildman–Crippen LogP) is 1.30. The number of sulfonamides is 1. The zero-order chi connectivity index (χ0) is 16.1. The third-order valence-electron chi connectivity index (χ3n) is 3.19. The molecule has 0 aliphatic heterocycles. The summed E-state index contributed by atoms with van der Waals surface area (Å²) in [6.45, 7) is 5.05. The molecule has 1 aromatic carbocycles. The monoisotopic (exact) mass is 315 g/mol. The lowest BCUT2D eigenvalue weighted by atomic mass is 10.0. The Morgan fingerprint density at radius 2 is 1.86 bits per heavy atom. The Hall–Kier alpha value is -1.44. The molecule has 0 spiro atoms. The van der Waals surface area contributed by atoms with Crippen LogP contribution in [0.2, 0.25) is 0 Å². The lowest BCUT2D eigenvalue weighted by Crippen LogP contribution is -2.48. The van der Waals surface area contributed by atoms with Crippen molar-refractivity contribution in [2.24, 2.45) is 0 Å². The first kappa shape index (κ1) is 17.6. The van der Waals surface area contributed by atoms with Crippen molar-refractivity contribution in [3.8, 4) is 0 Å². The number of aliphatic hydroxyl groups excluding tert-OH is 1. The van der Waals surface area contributed by atoms with E-state index in [2.05, 4.69) is 4.72 Å². The summed E-state index contributed by atoms with van der Waals surface area (Å²) in [6, 6.07) is 5.47. The Balaban J connectivity index is 2.98. The fourth-order valence-corrected chi connectivity index (χ4v) is 3.05. The van der Waals surface area contributed by atoms with Crippen molar-refractivity contribution in [1.29, 1.82) is 0 Å². The first-order valence-corrected chi connectivity index (χ1v) is 8.18. The third-order valence-corrected chi connectivity index (χ3v) is 4.84. The number of rotatable bonds is 7. The standard InChI is InChI=1S/C14H21NO5S/c1-4-14(3,10-16)15-21(18,19)12-8-6-11(7-9-12)13(17)20-5-2/h6-9,15-16H,4-5,10H2,1-3H3. The summed E-state index contributed by atoms with van der Waals surface area (Å²) >= 11 is 0. The summed E-state index contributed by atoms with van der Waals surface area (Å²) in [7, 11) is -3.76. The topological polar surface area (TPSA) is 92.7 Å². The van der Waals surface area contributed by atoms with Gasteiger partial charge < -0.3 is 9.84 Å². The molecule has 1 rings (SSSR count). The summed E-state index contributed by atoms with van der Waals surface area (Å²) in [4.78, 5) is 11.5. The van der Waals surface area contributed by atoms with Gasteiger partial charge in [-0.1, -0.05) is 6.92 Å². The molecule has 0 radical (unpaired) electrons. The summed E-state index contributed by atoms with van der Waals surface area (Å²) < 4.78 is 31.8. The van der Waals surface area contributed by atoms with Crippen molar-refractivity contribution in [3.05, 3.63) is 29.8 Å². The molecule has 6 nitrogen and oxygen atoms in total. The Kier molecular flexibility index (Phi) is 5.88. The van der Waals surface area contributed by atoms with Crippen molar-refractivity contribution in [2.45, 2.75) is 37.6 Å². The van der Waals surface area contributed by atoms with Crippen LogP contribution in [0.15, 0.2) is 29.2 Å². The summed E-state index contributed by atoms with van der Waals surface area (Å²) in [5, 5.41) is 9.28. The maximum Gasteiger partial charge on any atom is 0.338 e. The second kappa shape index (κ2) is 7.02. The maximum absolute atomic E-state index is 12.2. The smallest absolute Gasteiger partial charge is 0.338 e. The molecule has 7 heteroatoms. The van der Waals surface area contributed by atoms with Crippen molar-refractivity contribution in [1.82, 2.24) is 4.72 Å². The molecule has 0 bridgehead atoms. The number of aliphatic hydroxyl groups is 1. The highest BCUT2D eigenvalue weighted by molar-refractivity contribution is 7.89. The van der Waals surface area contributed by atoms with E-state index in [0.717, 1.165) is 0 Å². The molecule has 118 valence electrons. The number of hydrogen-bond donors (Lipinski definition) is 2. The average Bonchev–Trinajstić information content (AvgIpc) is 2.47. The molecule has 0 saturated carbocycles. The van der Waals surface area contributed by atoms with Crippen LogP contribution in [0.25, 0.3) is 0 Å². The van der Waals surface area contributed by atoms with Gasteiger partial charge in [0.05, 0.1) is 29.2 Å². The fourth-order valence-electron chi connectivity index (χ4n) is 1.58. The van der Waals surface area contributed by atoms with E-state index in [1.165, 1.54) is 24.3 Å². The maximum atomic E-state index is 12.2. The number of ether oxygens (including phenoxy) is 1. The van der Waals surface area contributed by atoms with E-state index in [1.807, 2.05) is 0 Å². The van der Waals surface area contributed by atoms with Crippen LogP contribution < -0.4 is 4.72 Å². The van der Waals surface area contributed by atoms with E-state index < -0.39 is 21.5 Å². The third kappa shape index (κ3) is 4.52. The summed E-state index contributed by atoms with van der Waals surface area (Å²) in [5.41, 5.74) is -0.630. The highest BCUT2D eigenvalue weighted by Gasteiger charge is 2.28. The Labute approximate surface area is 125 Å². The minimum atomic E-state index is -3.76. The first-order valence-electron chi connectivity index (χ1n) is 6.70. The van der Waals surface area contributed by atoms with Crippen LogP contribution in [0.5, 0.6) is 0 Å². The molecule has 0 aliphatic rings. The van der Waals surface area contributed by atoms with Crippen LogP contribution in [0.1, 0.15) is 37.6 Å². The minimum absolute atomic E-state index is 0.0312. The Bertz CT molecular complexity index is 576. The van der Waals surface area contributed by atoms with Crippen LogP contribution >= 0.6 is 0 Å². The molecule has 0 amide bonds. The number of benzene rings is 1. The van der Waals surface area contributed by atoms with Crippen molar-refractivity contribution in [2.75, 3.05) is 13.2 Å². The second-order valence-corrected chi connectivity index (χ2v) is 6.61. The Morgan fingerprint density at radius 1 is 1.29 bits per heavy atom. The van der Waals surface area contributed by atoms with Gasteiger partial charge in [-0.2, -0.15) is 0 Å². The molecule has 0 fully saturated rings. The van der Waals surface area contributed by atoms with E-state index in [-0.39, 0.29) is 23.7 Å². The van der Waals surface area contributed by atoms with Gasteiger partial charge >= 0.3 is 5.97 Å². The summed E-state index contributed by atoms with van der Waals surface area (Å²) in [6.07, 6.45) is 0.448. The largest absolute Gasteiger partial charge is 0.462 e. The van der Waals surface area contributed by atoms with Crippen LogP contribution in [-0.2, 0) is 14.8 Å². The van der Waals surface area contributed by atoms with Crippen molar-refractivity contribution in [3.63, 3.8) is 0 Å². The highest BCUT2D eigenvalue weighted by atomic mass is 32.2. The number of hydrogen-bond acceptors (Lipinski definition) is 5. The van der Waals surface area contributed by atoms with Gasteiger partial charge in [-0.05, 0) is 44.5 Å². The molecular formula is C14H21NO5S. The fraction of sp³-hybridized carbons (Fsp3) is 0.500. The summed E-state index contributed by atoms with van der Waals surface area (Å²) in [5.74, 6) is -0.497. The number of nitrogens with one attached hydrogen (secondary N) is 1.